The third kappa shape index (κ3) is 3.20. The third-order valence-corrected chi connectivity index (χ3v) is 4.74. The normalized spacial score (nSPS) is 15.3. The Morgan fingerprint density at radius 1 is 1.07 bits per heavy atom. The van der Waals surface area contributed by atoms with E-state index in [1.165, 1.54) is 18.2 Å². The van der Waals surface area contributed by atoms with Gasteiger partial charge in [0.1, 0.15) is 29.2 Å². The fraction of sp³-hybridized carbons (Fsp3) is 0.250. The SMILES string of the molecule is O=c1c(-c2c(F)cccc2F)coc2c(CN3CCOCC3)c(O)ccc12. The fourth-order valence-corrected chi connectivity index (χ4v) is 3.31. The van der Waals surface area contributed by atoms with Crippen molar-refractivity contribution in [3.05, 3.63) is 64.0 Å². The van der Waals surface area contributed by atoms with Gasteiger partial charge in [-0.1, -0.05) is 6.07 Å². The van der Waals surface area contributed by atoms with Gasteiger partial charge in [0.2, 0.25) is 5.43 Å². The Hall–Kier alpha value is -2.77. The zero-order valence-electron chi connectivity index (χ0n) is 14.4. The molecule has 4 rings (SSSR count). The van der Waals surface area contributed by atoms with Gasteiger partial charge >= 0.3 is 0 Å². The highest BCUT2D eigenvalue weighted by Crippen LogP contribution is 2.30. The molecule has 3 aromatic rings. The summed E-state index contributed by atoms with van der Waals surface area (Å²) in [6, 6.07) is 6.21. The molecule has 0 radical (unpaired) electrons. The van der Waals surface area contributed by atoms with Crippen LogP contribution in [0.5, 0.6) is 5.75 Å². The Morgan fingerprint density at radius 2 is 1.78 bits per heavy atom. The van der Waals surface area contributed by atoms with Crippen molar-refractivity contribution in [2.45, 2.75) is 6.54 Å². The standard InChI is InChI=1S/C20H17F2NO4/c21-15-2-1-3-16(22)18(15)14-11-27-20-12(19(14)25)4-5-17(24)13(20)10-23-6-8-26-9-7-23/h1-5,11,24H,6-10H2. The summed E-state index contributed by atoms with van der Waals surface area (Å²) in [5.41, 5.74) is -0.486. The maximum absolute atomic E-state index is 14.1. The molecule has 27 heavy (non-hydrogen) atoms. The van der Waals surface area contributed by atoms with Gasteiger partial charge in [0.05, 0.1) is 35.3 Å². The molecule has 2 heterocycles. The van der Waals surface area contributed by atoms with Gasteiger partial charge < -0.3 is 14.3 Å². The average Bonchev–Trinajstić information content (AvgIpc) is 2.66. The van der Waals surface area contributed by atoms with Crippen LogP contribution < -0.4 is 5.43 Å². The molecule has 140 valence electrons. The number of halogens is 2. The van der Waals surface area contributed by atoms with Gasteiger partial charge in [0.25, 0.3) is 0 Å². The van der Waals surface area contributed by atoms with Crippen molar-refractivity contribution in [2.75, 3.05) is 26.3 Å². The van der Waals surface area contributed by atoms with Gasteiger partial charge in [0, 0.05) is 19.6 Å². The second-order valence-electron chi connectivity index (χ2n) is 6.40. The highest BCUT2D eigenvalue weighted by Gasteiger charge is 2.21. The molecule has 2 aromatic carbocycles. The van der Waals surface area contributed by atoms with Gasteiger partial charge in [-0.15, -0.1) is 0 Å². The predicted octanol–water partition coefficient (Wildman–Crippen LogP) is 3.28. The van der Waals surface area contributed by atoms with Crippen LogP contribution in [0.15, 0.2) is 45.8 Å². The molecule has 0 bridgehead atoms. The Bertz CT molecular complexity index is 1040. The van der Waals surface area contributed by atoms with Crippen molar-refractivity contribution in [3.63, 3.8) is 0 Å². The topological polar surface area (TPSA) is 62.9 Å². The number of benzene rings is 2. The fourth-order valence-electron chi connectivity index (χ4n) is 3.31. The Balaban J connectivity index is 1.85. The number of morpholine rings is 1. The van der Waals surface area contributed by atoms with E-state index in [-0.39, 0.29) is 22.3 Å². The summed E-state index contributed by atoms with van der Waals surface area (Å²) in [5.74, 6) is -1.68. The summed E-state index contributed by atoms with van der Waals surface area (Å²) in [7, 11) is 0. The number of fused-ring (bicyclic) bond motifs is 1. The van der Waals surface area contributed by atoms with Crippen LogP contribution in [0.4, 0.5) is 8.78 Å². The molecule has 0 atom stereocenters. The number of aromatic hydroxyl groups is 1. The van der Waals surface area contributed by atoms with Crippen LogP contribution in [0.3, 0.4) is 0 Å². The van der Waals surface area contributed by atoms with Crippen LogP contribution in [-0.2, 0) is 11.3 Å². The number of phenols is 1. The van der Waals surface area contributed by atoms with Crippen LogP contribution in [-0.4, -0.2) is 36.3 Å². The summed E-state index contributed by atoms with van der Waals surface area (Å²) in [5, 5.41) is 10.4. The number of hydrogen-bond acceptors (Lipinski definition) is 5. The minimum atomic E-state index is -0.839. The van der Waals surface area contributed by atoms with Crippen LogP contribution >= 0.6 is 0 Å². The Kier molecular flexibility index (Phi) is 4.63. The molecule has 1 aliphatic rings. The molecule has 0 unspecified atom stereocenters. The predicted molar refractivity (Wildman–Crippen MR) is 95.6 cm³/mol. The van der Waals surface area contributed by atoms with Crippen molar-refractivity contribution in [3.8, 4) is 16.9 Å². The monoisotopic (exact) mass is 373 g/mol. The lowest BCUT2D eigenvalue weighted by Crippen LogP contribution is -2.35. The van der Waals surface area contributed by atoms with Crippen molar-refractivity contribution < 1.29 is 23.0 Å². The van der Waals surface area contributed by atoms with Crippen molar-refractivity contribution in [1.82, 2.24) is 4.90 Å². The summed E-state index contributed by atoms with van der Waals surface area (Å²) >= 11 is 0. The van der Waals surface area contributed by atoms with E-state index >= 15 is 0 Å². The summed E-state index contributed by atoms with van der Waals surface area (Å²) in [6.07, 6.45) is 1.05. The molecule has 0 aliphatic carbocycles. The summed E-state index contributed by atoms with van der Waals surface area (Å²) < 4.78 is 39.1. The molecule has 1 fully saturated rings. The van der Waals surface area contributed by atoms with E-state index in [9.17, 15) is 18.7 Å². The van der Waals surface area contributed by atoms with Gasteiger partial charge in [-0.25, -0.2) is 8.78 Å². The van der Waals surface area contributed by atoms with E-state index in [1.54, 1.807) is 0 Å². The number of hydrogen-bond donors (Lipinski definition) is 1. The lowest BCUT2D eigenvalue weighted by Gasteiger charge is -2.27. The zero-order valence-corrected chi connectivity index (χ0v) is 14.4. The second kappa shape index (κ2) is 7.09. The minimum absolute atomic E-state index is 0.00182. The Morgan fingerprint density at radius 3 is 2.48 bits per heavy atom. The highest BCUT2D eigenvalue weighted by atomic mass is 19.1. The molecule has 0 amide bonds. The van der Waals surface area contributed by atoms with Gasteiger partial charge in [-0.05, 0) is 24.3 Å². The minimum Gasteiger partial charge on any atom is -0.507 e. The first kappa shape index (κ1) is 17.6. The lowest BCUT2D eigenvalue weighted by molar-refractivity contribution is 0.0339. The van der Waals surface area contributed by atoms with Crippen molar-refractivity contribution >= 4 is 11.0 Å². The second-order valence-corrected chi connectivity index (χ2v) is 6.40. The van der Waals surface area contributed by atoms with Gasteiger partial charge in [0.15, 0.2) is 0 Å². The first-order valence-electron chi connectivity index (χ1n) is 8.57. The van der Waals surface area contributed by atoms with Crippen molar-refractivity contribution in [1.29, 1.82) is 0 Å². The van der Waals surface area contributed by atoms with E-state index in [0.717, 1.165) is 18.4 Å². The quantitative estimate of drug-likeness (QED) is 0.764. The first-order valence-corrected chi connectivity index (χ1v) is 8.57. The molecule has 0 saturated carbocycles. The molecular weight excluding hydrogens is 356 g/mol. The van der Waals surface area contributed by atoms with Crippen LogP contribution in [0.25, 0.3) is 22.1 Å². The summed E-state index contributed by atoms with van der Waals surface area (Å²) in [4.78, 5) is 15.0. The summed E-state index contributed by atoms with van der Waals surface area (Å²) in [6.45, 7) is 2.94. The Labute approximate surface area is 153 Å². The highest BCUT2D eigenvalue weighted by molar-refractivity contribution is 5.85. The molecule has 1 aromatic heterocycles. The zero-order chi connectivity index (χ0) is 19.0. The van der Waals surface area contributed by atoms with Crippen LogP contribution in [0.2, 0.25) is 0 Å². The first-order chi connectivity index (χ1) is 13.1. The third-order valence-electron chi connectivity index (χ3n) is 4.74. The molecule has 0 spiro atoms. The smallest absolute Gasteiger partial charge is 0.200 e. The molecule has 1 aliphatic heterocycles. The number of phenolic OH excluding ortho intramolecular Hbond substituents is 1. The molecule has 7 heteroatoms. The van der Waals surface area contributed by atoms with E-state index in [1.807, 2.05) is 0 Å². The maximum atomic E-state index is 14.1. The number of rotatable bonds is 3. The van der Waals surface area contributed by atoms with Gasteiger partial charge in [-0.3, -0.25) is 9.69 Å². The molecule has 1 N–H and O–H groups in total. The number of ether oxygens (including phenoxy) is 1. The average molecular weight is 373 g/mol. The van der Waals surface area contributed by atoms with Crippen LogP contribution in [0, 0.1) is 11.6 Å². The van der Waals surface area contributed by atoms with E-state index < -0.39 is 22.6 Å². The van der Waals surface area contributed by atoms with E-state index in [2.05, 4.69) is 4.90 Å². The van der Waals surface area contributed by atoms with Crippen molar-refractivity contribution in [2.24, 2.45) is 0 Å². The largest absolute Gasteiger partial charge is 0.507 e. The van der Waals surface area contributed by atoms with E-state index in [0.29, 0.717) is 38.4 Å². The molecular formula is C20H17F2NO4. The molecule has 1 saturated heterocycles. The maximum Gasteiger partial charge on any atom is 0.200 e. The van der Waals surface area contributed by atoms with Gasteiger partial charge in [-0.2, -0.15) is 0 Å². The molecule has 5 nitrogen and oxygen atoms in total. The van der Waals surface area contributed by atoms with E-state index in [4.69, 9.17) is 9.15 Å². The van der Waals surface area contributed by atoms with Crippen LogP contribution in [0.1, 0.15) is 5.56 Å². The number of nitrogens with zero attached hydrogens (tertiary/aromatic N) is 1. The lowest BCUT2D eigenvalue weighted by atomic mass is 10.0.